The number of benzene rings is 1. The summed E-state index contributed by atoms with van der Waals surface area (Å²) in [6.07, 6.45) is 2.52. The van der Waals surface area contributed by atoms with Crippen molar-refractivity contribution in [3.05, 3.63) is 58.3 Å². The van der Waals surface area contributed by atoms with Gasteiger partial charge in [-0.2, -0.15) is 0 Å². The van der Waals surface area contributed by atoms with E-state index < -0.39 is 11.9 Å². The summed E-state index contributed by atoms with van der Waals surface area (Å²) in [5.41, 5.74) is 0.965. The first-order chi connectivity index (χ1) is 11.1. The van der Waals surface area contributed by atoms with Crippen LogP contribution < -0.4 is 5.32 Å². The summed E-state index contributed by atoms with van der Waals surface area (Å²) >= 11 is 1.69. The molecule has 1 heterocycles. The average Bonchev–Trinajstić information content (AvgIpc) is 3.05. The molecule has 2 aromatic rings. The second kappa shape index (κ2) is 9.10. The van der Waals surface area contributed by atoms with Gasteiger partial charge in [0, 0.05) is 17.8 Å². The van der Waals surface area contributed by atoms with Crippen LogP contribution >= 0.6 is 11.3 Å². The Hall–Kier alpha value is -2.14. The van der Waals surface area contributed by atoms with Gasteiger partial charge in [-0.15, -0.1) is 11.3 Å². The Balaban J connectivity index is 1.72. The van der Waals surface area contributed by atoms with Crippen LogP contribution in [0.3, 0.4) is 0 Å². The van der Waals surface area contributed by atoms with Gasteiger partial charge in [-0.1, -0.05) is 36.4 Å². The molecular formula is C18H21NO3S. The normalized spacial score (nSPS) is 11.8. The van der Waals surface area contributed by atoms with Gasteiger partial charge in [0.2, 0.25) is 5.91 Å². The molecule has 2 N–H and O–H groups in total. The number of thiophene rings is 1. The zero-order chi connectivity index (χ0) is 16.5. The molecule has 0 bridgehead atoms. The molecule has 0 aliphatic heterocycles. The lowest BCUT2D eigenvalue weighted by Crippen LogP contribution is -2.34. The smallest absolute Gasteiger partial charge is 0.308 e. The highest BCUT2D eigenvalue weighted by molar-refractivity contribution is 7.09. The summed E-state index contributed by atoms with van der Waals surface area (Å²) in [5, 5.41) is 14.1. The van der Waals surface area contributed by atoms with Crippen LogP contribution in [0.2, 0.25) is 0 Å². The molecule has 1 amide bonds. The fourth-order valence-corrected chi connectivity index (χ4v) is 3.10. The minimum Gasteiger partial charge on any atom is -0.481 e. The molecule has 0 saturated carbocycles. The third kappa shape index (κ3) is 6.24. The standard InChI is InChI=1S/C18H21NO3S/c20-17(10-4-8-16-9-5-11-23-16)19-13-15(18(21)22)12-14-6-2-1-3-7-14/h1-3,5-7,9,11,15H,4,8,10,12-13H2,(H,19,20)(H,21,22). The lowest BCUT2D eigenvalue weighted by molar-refractivity contribution is -0.141. The van der Waals surface area contributed by atoms with E-state index in [1.165, 1.54) is 4.88 Å². The number of carbonyl (C=O) groups excluding carboxylic acids is 1. The Kier molecular flexibility index (Phi) is 6.81. The number of hydrogen-bond donors (Lipinski definition) is 2. The first-order valence-corrected chi connectivity index (χ1v) is 8.59. The topological polar surface area (TPSA) is 66.4 Å². The minimum atomic E-state index is -0.882. The number of rotatable bonds is 9. The van der Waals surface area contributed by atoms with Crippen molar-refractivity contribution in [1.29, 1.82) is 0 Å². The van der Waals surface area contributed by atoms with Crippen LogP contribution in [-0.4, -0.2) is 23.5 Å². The highest BCUT2D eigenvalue weighted by Gasteiger charge is 2.18. The van der Waals surface area contributed by atoms with Gasteiger partial charge >= 0.3 is 5.97 Å². The number of carbonyl (C=O) groups is 2. The molecule has 0 saturated heterocycles. The molecular weight excluding hydrogens is 310 g/mol. The van der Waals surface area contributed by atoms with E-state index in [1.807, 2.05) is 41.8 Å². The Labute approximate surface area is 140 Å². The first-order valence-electron chi connectivity index (χ1n) is 7.71. The third-order valence-electron chi connectivity index (χ3n) is 3.63. The molecule has 0 aliphatic rings. The summed E-state index contributed by atoms with van der Waals surface area (Å²) in [6.45, 7) is 0.169. The van der Waals surface area contributed by atoms with Gasteiger partial charge in [0.25, 0.3) is 0 Å². The molecule has 0 spiro atoms. The summed E-state index contributed by atoms with van der Waals surface area (Å²) in [5.74, 6) is -1.56. The molecule has 0 aliphatic carbocycles. The van der Waals surface area contributed by atoms with Crippen molar-refractivity contribution < 1.29 is 14.7 Å². The second-order valence-electron chi connectivity index (χ2n) is 5.46. The van der Waals surface area contributed by atoms with E-state index >= 15 is 0 Å². The molecule has 0 radical (unpaired) electrons. The van der Waals surface area contributed by atoms with Gasteiger partial charge in [-0.25, -0.2) is 0 Å². The summed E-state index contributed by atoms with van der Waals surface area (Å²) in [4.78, 5) is 24.5. The Morgan fingerprint density at radius 1 is 1.13 bits per heavy atom. The van der Waals surface area contributed by atoms with Crippen LogP contribution in [0, 0.1) is 5.92 Å². The molecule has 1 aromatic heterocycles. The predicted octanol–water partition coefficient (Wildman–Crippen LogP) is 3.13. The van der Waals surface area contributed by atoms with Crippen molar-refractivity contribution in [3.8, 4) is 0 Å². The second-order valence-corrected chi connectivity index (χ2v) is 6.49. The molecule has 2 rings (SSSR count). The highest BCUT2D eigenvalue weighted by Crippen LogP contribution is 2.12. The quantitative estimate of drug-likeness (QED) is 0.742. The third-order valence-corrected chi connectivity index (χ3v) is 4.56. The van der Waals surface area contributed by atoms with Gasteiger partial charge in [0.05, 0.1) is 5.92 Å². The Bertz CT molecular complexity index is 610. The molecule has 23 heavy (non-hydrogen) atoms. The number of amides is 1. The van der Waals surface area contributed by atoms with Crippen molar-refractivity contribution in [2.75, 3.05) is 6.54 Å². The maximum absolute atomic E-state index is 11.9. The molecule has 122 valence electrons. The van der Waals surface area contributed by atoms with Gasteiger partial charge in [-0.05, 0) is 36.3 Å². The van der Waals surface area contributed by atoms with Crippen molar-refractivity contribution in [2.24, 2.45) is 5.92 Å². The van der Waals surface area contributed by atoms with Crippen LogP contribution in [0.25, 0.3) is 0 Å². The lowest BCUT2D eigenvalue weighted by Gasteiger charge is -2.13. The van der Waals surface area contributed by atoms with Crippen LogP contribution in [0.1, 0.15) is 23.3 Å². The molecule has 1 unspecified atom stereocenters. The lowest BCUT2D eigenvalue weighted by atomic mass is 9.99. The van der Waals surface area contributed by atoms with E-state index in [0.717, 1.165) is 18.4 Å². The molecule has 1 atom stereocenters. The van der Waals surface area contributed by atoms with Crippen LogP contribution in [0.5, 0.6) is 0 Å². The molecule has 0 fully saturated rings. The number of carboxylic acids is 1. The number of carboxylic acid groups (broad SMARTS) is 1. The van der Waals surface area contributed by atoms with E-state index in [1.54, 1.807) is 11.3 Å². The average molecular weight is 331 g/mol. The summed E-state index contributed by atoms with van der Waals surface area (Å²) in [6, 6.07) is 13.5. The van der Waals surface area contributed by atoms with E-state index in [2.05, 4.69) is 11.4 Å². The van der Waals surface area contributed by atoms with Crippen LogP contribution in [0.4, 0.5) is 0 Å². The molecule has 1 aromatic carbocycles. The predicted molar refractivity (Wildman–Crippen MR) is 91.5 cm³/mol. The van der Waals surface area contributed by atoms with Crippen molar-refractivity contribution in [3.63, 3.8) is 0 Å². The maximum Gasteiger partial charge on any atom is 0.308 e. The van der Waals surface area contributed by atoms with E-state index in [4.69, 9.17) is 0 Å². The maximum atomic E-state index is 11.9. The number of hydrogen-bond acceptors (Lipinski definition) is 3. The van der Waals surface area contributed by atoms with E-state index in [9.17, 15) is 14.7 Å². The van der Waals surface area contributed by atoms with Gasteiger partial charge in [-0.3, -0.25) is 9.59 Å². The zero-order valence-corrected chi connectivity index (χ0v) is 13.7. The fourth-order valence-electron chi connectivity index (χ4n) is 2.35. The van der Waals surface area contributed by atoms with Crippen molar-refractivity contribution in [1.82, 2.24) is 5.32 Å². The van der Waals surface area contributed by atoms with Gasteiger partial charge < -0.3 is 10.4 Å². The van der Waals surface area contributed by atoms with Gasteiger partial charge in [0.15, 0.2) is 0 Å². The fraction of sp³-hybridized carbons (Fsp3) is 0.333. The van der Waals surface area contributed by atoms with E-state index in [0.29, 0.717) is 12.8 Å². The highest BCUT2D eigenvalue weighted by atomic mass is 32.1. The minimum absolute atomic E-state index is 0.0825. The summed E-state index contributed by atoms with van der Waals surface area (Å²) in [7, 11) is 0. The first kappa shape index (κ1) is 17.2. The van der Waals surface area contributed by atoms with Crippen molar-refractivity contribution >= 4 is 23.2 Å². The van der Waals surface area contributed by atoms with E-state index in [-0.39, 0.29) is 12.5 Å². The van der Waals surface area contributed by atoms with Crippen molar-refractivity contribution in [2.45, 2.75) is 25.7 Å². The Morgan fingerprint density at radius 2 is 1.91 bits per heavy atom. The largest absolute Gasteiger partial charge is 0.481 e. The van der Waals surface area contributed by atoms with Gasteiger partial charge in [0.1, 0.15) is 0 Å². The SMILES string of the molecule is O=C(CCCc1cccs1)NCC(Cc1ccccc1)C(=O)O. The van der Waals surface area contributed by atoms with Crippen LogP contribution in [0.15, 0.2) is 47.8 Å². The number of aryl methyl sites for hydroxylation is 1. The monoisotopic (exact) mass is 331 g/mol. The van der Waals surface area contributed by atoms with Crippen LogP contribution in [-0.2, 0) is 22.4 Å². The zero-order valence-electron chi connectivity index (χ0n) is 12.9. The number of nitrogens with one attached hydrogen (secondary N) is 1. The number of aliphatic carboxylic acids is 1. The Morgan fingerprint density at radius 3 is 2.57 bits per heavy atom. The summed E-state index contributed by atoms with van der Waals surface area (Å²) < 4.78 is 0. The molecule has 5 heteroatoms. The molecule has 4 nitrogen and oxygen atoms in total.